The van der Waals surface area contributed by atoms with Crippen LogP contribution in [0.3, 0.4) is 0 Å². The van der Waals surface area contributed by atoms with Crippen LogP contribution in [0, 0.1) is 0 Å². The zero-order valence-electron chi connectivity index (χ0n) is 5.91. The van der Waals surface area contributed by atoms with Gasteiger partial charge in [0.2, 0.25) is 0 Å². The van der Waals surface area contributed by atoms with Gasteiger partial charge in [-0.05, 0) is 39.5 Å². The van der Waals surface area contributed by atoms with E-state index < -0.39 is 0 Å². The lowest BCUT2D eigenvalue weighted by atomic mass is 10.2. The van der Waals surface area contributed by atoms with E-state index in [9.17, 15) is 5.11 Å². The molecule has 12 heavy (non-hydrogen) atoms. The molecule has 0 saturated heterocycles. The first-order chi connectivity index (χ1) is 5.66. The summed E-state index contributed by atoms with van der Waals surface area (Å²) in [4.78, 5) is 0. The molecule has 0 bridgehead atoms. The summed E-state index contributed by atoms with van der Waals surface area (Å²) in [5.74, 6) is 0.198. The van der Waals surface area contributed by atoms with Gasteiger partial charge >= 0.3 is 0 Å². The maximum Gasteiger partial charge on any atom is 0.172 e. The second-order valence-corrected chi connectivity index (χ2v) is 4.34. The van der Waals surface area contributed by atoms with Crippen LogP contribution in [0.4, 0.5) is 0 Å². The zero-order valence-corrected chi connectivity index (χ0v) is 8.32. The minimum absolute atomic E-state index is 0.198. The number of thiophene rings is 1. The lowest BCUT2D eigenvalue weighted by Gasteiger charge is -1.94. The number of phenols is 1. The zero-order chi connectivity index (χ0) is 8.72. The Balaban J connectivity index is 2.83. The van der Waals surface area contributed by atoms with Crippen LogP contribution in [0.2, 0.25) is 0 Å². The largest absolute Gasteiger partial charge is 0.507 e. The number of benzene rings is 1. The van der Waals surface area contributed by atoms with E-state index in [1.165, 1.54) is 11.3 Å². The Bertz CT molecular complexity index is 397. The number of phenolic OH excluding ortho intramolecular Hbond substituents is 1. The SMILES string of the molecule is Oc1cc2cc(Br)c(O)cc2s1. The average Bonchev–Trinajstić information content (AvgIpc) is 2.30. The molecule has 4 heteroatoms. The van der Waals surface area contributed by atoms with Crippen molar-refractivity contribution >= 4 is 37.4 Å². The fraction of sp³-hybridized carbons (Fsp3) is 0. The fourth-order valence-corrected chi connectivity index (χ4v) is 2.21. The van der Waals surface area contributed by atoms with Gasteiger partial charge in [0, 0.05) is 4.70 Å². The van der Waals surface area contributed by atoms with Crippen molar-refractivity contribution in [2.45, 2.75) is 0 Å². The molecular formula is C8H5BrO2S. The number of hydrogen-bond acceptors (Lipinski definition) is 3. The van der Waals surface area contributed by atoms with Gasteiger partial charge in [-0.1, -0.05) is 11.3 Å². The van der Waals surface area contributed by atoms with Crippen LogP contribution >= 0.6 is 27.3 Å². The molecule has 1 heterocycles. The van der Waals surface area contributed by atoms with E-state index in [0.29, 0.717) is 4.47 Å². The van der Waals surface area contributed by atoms with Gasteiger partial charge < -0.3 is 10.2 Å². The van der Waals surface area contributed by atoms with Gasteiger partial charge in [0.1, 0.15) is 5.75 Å². The van der Waals surface area contributed by atoms with Gasteiger partial charge in [-0.2, -0.15) is 0 Å². The van der Waals surface area contributed by atoms with Crippen molar-refractivity contribution in [3.05, 3.63) is 22.7 Å². The minimum Gasteiger partial charge on any atom is -0.507 e. The molecule has 0 saturated carbocycles. The summed E-state index contributed by atoms with van der Waals surface area (Å²) in [6, 6.07) is 5.08. The fourth-order valence-electron chi connectivity index (χ4n) is 1.03. The molecule has 0 aliphatic rings. The molecule has 2 aromatic rings. The molecule has 2 N–H and O–H groups in total. The quantitative estimate of drug-likeness (QED) is 0.748. The highest BCUT2D eigenvalue weighted by Gasteiger charge is 2.04. The van der Waals surface area contributed by atoms with Gasteiger partial charge in [0.05, 0.1) is 4.47 Å². The average molecular weight is 245 g/mol. The van der Waals surface area contributed by atoms with Crippen LogP contribution in [0.15, 0.2) is 22.7 Å². The van der Waals surface area contributed by atoms with E-state index >= 15 is 0 Å². The number of hydrogen-bond donors (Lipinski definition) is 2. The van der Waals surface area contributed by atoms with Gasteiger partial charge in [-0.25, -0.2) is 0 Å². The third kappa shape index (κ3) is 1.17. The second kappa shape index (κ2) is 2.64. The number of halogens is 1. The second-order valence-electron chi connectivity index (χ2n) is 2.43. The van der Waals surface area contributed by atoms with E-state index in [1.54, 1.807) is 18.2 Å². The smallest absolute Gasteiger partial charge is 0.172 e. The van der Waals surface area contributed by atoms with Crippen molar-refractivity contribution in [2.24, 2.45) is 0 Å². The molecule has 1 aromatic carbocycles. The normalized spacial score (nSPS) is 10.8. The first kappa shape index (κ1) is 7.89. The maximum atomic E-state index is 9.30. The first-order valence-electron chi connectivity index (χ1n) is 3.28. The minimum atomic E-state index is 0.198. The monoisotopic (exact) mass is 244 g/mol. The summed E-state index contributed by atoms with van der Waals surface area (Å²) in [5, 5.41) is 19.7. The Morgan fingerprint density at radius 3 is 2.67 bits per heavy atom. The van der Waals surface area contributed by atoms with Crippen LogP contribution in [0.1, 0.15) is 0 Å². The summed E-state index contributed by atoms with van der Waals surface area (Å²) in [6.45, 7) is 0. The molecule has 2 rings (SSSR count). The highest BCUT2D eigenvalue weighted by atomic mass is 79.9. The number of rotatable bonds is 0. The Labute approximate surface area is 81.2 Å². The lowest BCUT2D eigenvalue weighted by Crippen LogP contribution is -1.67. The van der Waals surface area contributed by atoms with Crippen LogP contribution in [0.5, 0.6) is 10.8 Å². The van der Waals surface area contributed by atoms with Crippen molar-refractivity contribution in [1.29, 1.82) is 0 Å². The van der Waals surface area contributed by atoms with Crippen molar-refractivity contribution in [3.63, 3.8) is 0 Å². The van der Waals surface area contributed by atoms with Crippen LogP contribution in [-0.4, -0.2) is 10.2 Å². The van der Waals surface area contributed by atoms with Crippen molar-refractivity contribution < 1.29 is 10.2 Å². The molecule has 0 aliphatic heterocycles. The molecule has 1 aromatic heterocycles. The predicted molar refractivity (Wildman–Crippen MR) is 52.9 cm³/mol. The third-order valence-electron chi connectivity index (χ3n) is 1.57. The summed E-state index contributed by atoms with van der Waals surface area (Å²) in [7, 11) is 0. The summed E-state index contributed by atoms with van der Waals surface area (Å²) in [5.41, 5.74) is 0. The van der Waals surface area contributed by atoms with Crippen LogP contribution < -0.4 is 0 Å². The lowest BCUT2D eigenvalue weighted by molar-refractivity contribution is 0.473. The first-order valence-corrected chi connectivity index (χ1v) is 4.89. The molecule has 0 atom stereocenters. The molecule has 0 amide bonds. The number of fused-ring (bicyclic) bond motifs is 1. The molecular weight excluding hydrogens is 240 g/mol. The van der Waals surface area contributed by atoms with E-state index in [2.05, 4.69) is 15.9 Å². The number of aromatic hydroxyl groups is 2. The maximum absolute atomic E-state index is 9.30. The molecule has 0 fully saturated rings. The Morgan fingerprint density at radius 2 is 1.92 bits per heavy atom. The van der Waals surface area contributed by atoms with Crippen molar-refractivity contribution in [2.75, 3.05) is 0 Å². The van der Waals surface area contributed by atoms with Gasteiger partial charge in [-0.15, -0.1) is 0 Å². The van der Waals surface area contributed by atoms with E-state index in [-0.39, 0.29) is 10.8 Å². The molecule has 0 aliphatic carbocycles. The van der Waals surface area contributed by atoms with Gasteiger partial charge in [0.15, 0.2) is 5.06 Å². The standard InChI is InChI=1S/C8H5BrO2S/c9-5-1-4-2-8(11)12-7(4)3-6(5)10/h1-3,10-11H. The molecule has 0 unspecified atom stereocenters. The Hall–Kier alpha value is -0.740. The molecule has 62 valence electrons. The van der Waals surface area contributed by atoms with E-state index in [1.807, 2.05) is 0 Å². The molecule has 2 nitrogen and oxygen atoms in total. The van der Waals surface area contributed by atoms with Gasteiger partial charge in [-0.3, -0.25) is 0 Å². The van der Waals surface area contributed by atoms with Crippen molar-refractivity contribution in [1.82, 2.24) is 0 Å². The van der Waals surface area contributed by atoms with E-state index in [0.717, 1.165) is 10.1 Å². The van der Waals surface area contributed by atoms with Crippen LogP contribution in [-0.2, 0) is 0 Å². The third-order valence-corrected chi connectivity index (χ3v) is 3.11. The predicted octanol–water partition coefficient (Wildman–Crippen LogP) is 3.08. The Kier molecular flexibility index (Phi) is 1.73. The topological polar surface area (TPSA) is 40.5 Å². The molecule has 0 radical (unpaired) electrons. The van der Waals surface area contributed by atoms with Crippen LogP contribution in [0.25, 0.3) is 10.1 Å². The highest BCUT2D eigenvalue weighted by molar-refractivity contribution is 9.10. The molecule has 0 spiro atoms. The highest BCUT2D eigenvalue weighted by Crippen LogP contribution is 2.36. The summed E-state index contributed by atoms with van der Waals surface area (Å²) >= 11 is 4.45. The van der Waals surface area contributed by atoms with Gasteiger partial charge in [0.25, 0.3) is 0 Å². The van der Waals surface area contributed by atoms with Crippen molar-refractivity contribution in [3.8, 4) is 10.8 Å². The summed E-state index contributed by atoms with van der Waals surface area (Å²) < 4.78 is 1.53. The Morgan fingerprint density at radius 1 is 1.17 bits per heavy atom. The van der Waals surface area contributed by atoms with E-state index in [4.69, 9.17) is 5.11 Å². The summed E-state index contributed by atoms with van der Waals surface area (Å²) in [6.07, 6.45) is 0.